The number of rotatable bonds is 4. The zero-order chi connectivity index (χ0) is 18.2. The van der Waals surface area contributed by atoms with Crippen LogP contribution in [0.15, 0.2) is 42.9 Å². The first-order valence-electron chi connectivity index (χ1n) is 9.82. The van der Waals surface area contributed by atoms with Crippen molar-refractivity contribution >= 4 is 22.7 Å². The second-order valence-electron chi connectivity index (χ2n) is 7.55. The van der Waals surface area contributed by atoms with Crippen molar-refractivity contribution in [3.8, 4) is 0 Å². The van der Waals surface area contributed by atoms with Crippen molar-refractivity contribution < 1.29 is 0 Å². The lowest BCUT2D eigenvalue weighted by Crippen LogP contribution is -2.46. The molecule has 3 heterocycles. The summed E-state index contributed by atoms with van der Waals surface area (Å²) in [7, 11) is 0. The molecule has 6 nitrogen and oxygen atoms in total. The molecule has 0 atom stereocenters. The van der Waals surface area contributed by atoms with E-state index in [9.17, 15) is 0 Å². The van der Waals surface area contributed by atoms with Crippen LogP contribution in [-0.4, -0.2) is 45.1 Å². The highest BCUT2D eigenvalue weighted by atomic mass is 15.3. The number of benzene rings is 1. The summed E-state index contributed by atoms with van der Waals surface area (Å²) in [6.45, 7) is 4.08. The van der Waals surface area contributed by atoms with Gasteiger partial charge in [0.15, 0.2) is 5.82 Å². The van der Waals surface area contributed by atoms with Crippen LogP contribution < -0.4 is 9.80 Å². The fraction of sp³-hybridized carbons (Fsp3) is 0.429. The highest BCUT2D eigenvalue weighted by Gasteiger charge is 2.36. The van der Waals surface area contributed by atoms with Gasteiger partial charge in [0.05, 0.1) is 16.7 Å². The van der Waals surface area contributed by atoms with E-state index in [-0.39, 0.29) is 0 Å². The minimum Gasteiger partial charge on any atom is -0.355 e. The van der Waals surface area contributed by atoms with E-state index in [1.807, 2.05) is 36.5 Å². The van der Waals surface area contributed by atoms with Gasteiger partial charge >= 0.3 is 0 Å². The predicted octanol–water partition coefficient (Wildman–Crippen LogP) is 3.37. The molecule has 2 fully saturated rings. The van der Waals surface area contributed by atoms with E-state index in [1.54, 1.807) is 6.33 Å². The van der Waals surface area contributed by atoms with Crippen molar-refractivity contribution in [1.29, 1.82) is 0 Å². The summed E-state index contributed by atoms with van der Waals surface area (Å²) >= 11 is 0. The van der Waals surface area contributed by atoms with Crippen LogP contribution in [0, 0.1) is 6.92 Å². The molecule has 6 heteroatoms. The lowest BCUT2D eigenvalue weighted by Gasteiger charge is -2.40. The van der Waals surface area contributed by atoms with Crippen molar-refractivity contribution in [2.45, 2.75) is 44.7 Å². The summed E-state index contributed by atoms with van der Waals surface area (Å²) in [6, 6.07) is 11.3. The number of fused-ring (bicyclic) bond motifs is 1. The molecule has 1 aliphatic heterocycles. The molecule has 3 aromatic rings. The van der Waals surface area contributed by atoms with E-state index < -0.39 is 0 Å². The summed E-state index contributed by atoms with van der Waals surface area (Å²) in [4.78, 5) is 23.2. The van der Waals surface area contributed by atoms with Gasteiger partial charge in [0.1, 0.15) is 12.1 Å². The lowest BCUT2D eigenvalue weighted by molar-refractivity contribution is 0.457. The van der Waals surface area contributed by atoms with Crippen LogP contribution in [0.5, 0.6) is 0 Å². The first-order valence-corrected chi connectivity index (χ1v) is 9.82. The Bertz CT molecular complexity index is 932. The zero-order valence-electron chi connectivity index (χ0n) is 15.6. The maximum atomic E-state index is 4.90. The number of piperidine rings is 1. The maximum absolute atomic E-state index is 4.90. The van der Waals surface area contributed by atoms with Gasteiger partial charge in [-0.15, -0.1) is 0 Å². The van der Waals surface area contributed by atoms with Crippen LogP contribution in [-0.2, 0) is 0 Å². The smallest absolute Gasteiger partial charge is 0.150 e. The summed E-state index contributed by atoms with van der Waals surface area (Å²) in [5.74, 6) is 2.11. The van der Waals surface area contributed by atoms with E-state index >= 15 is 0 Å². The van der Waals surface area contributed by atoms with Gasteiger partial charge in [-0.1, -0.05) is 12.1 Å². The molecule has 1 aromatic carbocycles. The van der Waals surface area contributed by atoms with E-state index in [1.165, 1.54) is 12.8 Å². The molecule has 138 valence electrons. The Morgan fingerprint density at radius 1 is 0.926 bits per heavy atom. The largest absolute Gasteiger partial charge is 0.355 e. The minimum absolute atomic E-state index is 0.539. The summed E-state index contributed by atoms with van der Waals surface area (Å²) < 4.78 is 0. The first-order chi connectivity index (χ1) is 13.3. The molecule has 0 radical (unpaired) electrons. The molecule has 1 aliphatic carbocycles. The molecule has 0 N–H and O–H groups in total. The van der Waals surface area contributed by atoms with Crippen LogP contribution in [0.2, 0.25) is 0 Å². The summed E-state index contributed by atoms with van der Waals surface area (Å²) in [6.07, 6.45) is 8.30. The van der Waals surface area contributed by atoms with Gasteiger partial charge in [0.25, 0.3) is 0 Å². The van der Waals surface area contributed by atoms with Crippen molar-refractivity contribution in [3.63, 3.8) is 0 Å². The van der Waals surface area contributed by atoms with Gasteiger partial charge in [-0.2, -0.15) is 0 Å². The van der Waals surface area contributed by atoms with E-state index in [2.05, 4.69) is 26.7 Å². The predicted molar refractivity (Wildman–Crippen MR) is 107 cm³/mol. The van der Waals surface area contributed by atoms with Gasteiger partial charge in [-0.05, 0) is 50.8 Å². The Morgan fingerprint density at radius 2 is 1.63 bits per heavy atom. The molecule has 27 heavy (non-hydrogen) atoms. The van der Waals surface area contributed by atoms with Crippen LogP contribution in [0.1, 0.15) is 31.4 Å². The maximum Gasteiger partial charge on any atom is 0.150 e. The normalized spacial score (nSPS) is 18.0. The molecule has 2 aromatic heterocycles. The number of aryl methyl sites for hydroxylation is 1. The van der Waals surface area contributed by atoms with Crippen molar-refractivity contribution in [3.05, 3.63) is 48.5 Å². The van der Waals surface area contributed by atoms with Crippen LogP contribution in [0.3, 0.4) is 0 Å². The molecule has 1 saturated heterocycles. The third-order valence-corrected chi connectivity index (χ3v) is 5.65. The van der Waals surface area contributed by atoms with E-state index in [4.69, 9.17) is 9.97 Å². The Balaban J connectivity index is 1.35. The number of nitrogens with zero attached hydrogens (tertiary/aromatic N) is 6. The number of aromatic nitrogens is 4. The molecule has 0 amide bonds. The Hall–Kier alpha value is -2.76. The average molecular weight is 360 g/mol. The quantitative estimate of drug-likeness (QED) is 0.711. The minimum atomic E-state index is 0.539. The molecule has 0 spiro atoms. The van der Waals surface area contributed by atoms with Gasteiger partial charge in [-0.25, -0.2) is 19.9 Å². The second-order valence-corrected chi connectivity index (χ2v) is 7.55. The monoisotopic (exact) mass is 360 g/mol. The topological polar surface area (TPSA) is 58.0 Å². The average Bonchev–Trinajstić information content (AvgIpc) is 3.54. The third kappa shape index (κ3) is 3.20. The van der Waals surface area contributed by atoms with Crippen LogP contribution in [0.4, 0.5) is 11.6 Å². The Kier molecular flexibility index (Phi) is 4.11. The number of hydrogen-bond donors (Lipinski definition) is 0. The van der Waals surface area contributed by atoms with E-state index in [0.29, 0.717) is 12.1 Å². The number of anilines is 2. The molecule has 0 unspecified atom stereocenters. The first kappa shape index (κ1) is 16.4. The zero-order valence-corrected chi connectivity index (χ0v) is 15.6. The van der Waals surface area contributed by atoms with Gasteiger partial charge in [-0.3, -0.25) is 0 Å². The highest BCUT2D eigenvalue weighted by Crippen LogP contribution is 2.35. The highest BCUT2D eigenvalue weighted by molar-refractivity contribution is 5.76. The Labute approximate surface area is 159 Å². The third-order valence-electron chi connectivity index (χ3n) is 5.65. The standard InChI is InChI=1S/C21H24N6/c1-15-21(25-19-5-3-2-4-18(19)24-15)26-12-9-17(10-13-26)27(16-6-7-16)20-8-11-22-14-23-20/h2-5,8,11,14,16-17H,6-7,9-10,12-13H2,1H3. The molecule has 5 rings (SSSR count). The van der Waals surface area contributed by atoms with Crippen LogP contribution in [0.25, 0.3) is 11.0 Å². The van der Waals surface area contributed by atoms with Gasteiger partial charge in [0, 0.05) is 31.4 Å². The van der Waals surface area contributed by atoms with E-state index in [0.717, 1.165) is 54.3 Å². The Morgan fingerprint density at radius 3 is 2.30 bits per heavy atom. The fourth-order valence-electron chi connectivity index (χ4n) is 4.20. The number of para-hydroxylation sites is 2. The van der Waals surface area contributed by atoms with Crippen molar-refractivity contribution in [1.82, 2.24) is 19.9 Å². The lowest BCUT2D eigenvalue weighted by atomic mass is 10.0. The summed E-state index contributed by atoms with van der Waals surface area (Å²) in [5, 5.41) is 0. The molecule has 0 bridgehead atoms. The summed E-state index contributed by atoms with van der Waals surface area (Å²) in [5.41, 5.74) is 2.96. The van der Waals surface area contributed by atoms with Gasteiger partial charge < -0.3 is 9.80 Å². The SMILES string of the molecule is Cc1nc2ccccc2nc1N1CCC(N(c2ccncn2)C2CC2)CC1. The van der Waals surface area contributed by atoms with Gasteiger partial charge in [0.2, 0.25) is 0 Å². The van der Waals surface area contributed by atoms with Crippen LogP contribution >= 0.6 is 0 Å². The molecule has 2 aliphatic rings. The molecular weight excluding hydrogens is 336 g/mol. The number of hydrogen-bond acceptors (Lipinski definition) is 6. The fourth-order valence-corrected chi connectivity index (χ4v) is 4.20. The molecule has 1 saturated carbocycles. The van der Waals surface area contributed by atoms with Crippen molar-refractivity contribution in [2.75, 3.05) is 22.9 Å². The van der Waals surface area contributed by atoms with Crippen molar-refractivity contribution in [2.24, 2.45) is 0 Å². The second kappa shape index (κ2) is 6.76. The molecular formula is C21H24N6.